The maximum Gasteiger partial charge on any atom is 0.159 e. The lowest BCUT2D eigenvalue weighted by Gasteiger charge is -2.14. The van der Waals surface area contributed by atoms with Gasteiger partial charge in [0.05, 0.1) is 0 Å². The van der Waals surface area contributed by atoms with E-state index in [1.54, 1.807) is 6.07 Å². The van der Waals surface area contributed by atoms with Gasteiger partial charge in [-0.2, -0.15) is 0 Å². The fourth-order valence-electron chi connectivity index (χ4n) is 2.19. The molecule has 0 spiro atoms. The summed E-state index contributed by atoms with van der Waals surface area (Å²) in [5.74, 6) is -1.63. The van der Waals surface area contributed by atoms with E-state index in [2.05, 4.69) is 12.2 Å². The Hall–Kier alpha value is -1.74. The summed E-state index contributed by atoms with van der Waals surface area (Å²) in [6.45, 7) is 2.12. The van der Waals surface area contributed by atoms with Crippen molar-refractivity contribution in [2.24, 2.45) is 0 Å². The minimum Gasteiger partial charge on any atom is -0.313 e. The second-order valence-electron chi connectivity index (χ2n) is 4.50. The minimum absolute atomic E-state index is 0.319. The molecule has 2 aromatic carbocycles. The molecule has 0 bridgehead atoms. The quantitative estimate of drug-likeness (QED) is 0.865. The summed E-state index contributed by atoms with van der Waals surface area (Å²) in [6, 6.07) is 12.2. The molecule has 0 aliphatic rings. The van der Waals surface area contributed by atoms with Crippen LogP contribution in [0.4, 0.5) is 8.78 Å². The van der Waals surface area contributed by atoms with Gasteiger partial charge < -0.3 is 5.32 Å². The van der Waals surface area contributed by atoms with Crippen LogP contribution in [0, 0.1) is 11.6 Å². The van der Waals surface area contributed by atoms with E-state index in [1.165, 1.54) is 11.6 Å². The first-order valence-corrected chi connectivity index (χ1v) is 6.38. The fourth-order valence-corrected chi connectivity index (χ4v) is 2.19. The van der Waals surface area contributed by atoms with Crippen molar-refractivity contribution >= 4 is 0 Å². The van der Waals surface area contributed by atoms with E-state index in [0.29, 0.717) is 11.6 Å². The first-order valence-electron chi connectivity index (χ1n) is 6.38. The normalized spacial score (nSPS) is 12.4. The second kappa shape index (κ2) is 5.93. The summed E-state index contributed by atoms with van der Waals surface area (Å²) in [5, 5.41) is 3.23. The molecular formula is C16H17F2N. The maximum atomic E-state index is 13.2. The van der Waals surface area contributed by atoms with Gasteiger partial charge >= 0.3 is 0 Å². The molecule has 3 heteroatoms. The summed E-state index contributed by atoms with van der Waals surface area (Å²) in [4.78, 5) is 0. The van der Waals surface area contributed by atoms with Crippen LogP contribution in [0.1, 0.15) is 24.9 Å². The van der Waals surface area contributed by atoms with E-state index < -0.39 is 11.6 Å². The molecule has 0 aliphatic heterocycles. The van der Waals surface area contributed by atoms with Gasteiger partial charge in [-0.25, -0.2) is 8.78 Å². The zero-order valence-electron chi connectivity index (χ0n) is 11.1. The molecule has 0 radical (unpaired) electrons. The van der Waals surface area contributed by atoms with E-state index in [-0.39, 0.29) is 0 Å². The van der Waals surface area contributed by atoms with Crippen LogP contribution in [-0.2, 0) is 0 Å². The van der Waals surface area contributed by atoms with Gasteiger partial charge in [0.25, 0.3) is 0 Å². The molecule has 100 valence electrons. The zero-order valence-corrected chi connectivity index (χ0v) is 11.1. The van der Waals surface area contributed by atoms with E-state index in [1.807, 2.05) is 31.3 Å². The highest BCUT2D eigenvalue weighted by molar-refractivity contribution is 5.63. The Labute approximate surface area is 112 Å². The molecule has 19 heavy (non-hydrogen) atoms. The molecule has 1 unspecified atom stereocenters. The second-order valence-corrected chi connectivity index (χ2v) is 4.50. The van der Waals surface area contributed by atoms with Crippen LogP contribution in [-0.4, -0.2) is 7.05 Å². The average molecular weight is 261 g/mol. The van der Waals surface area contributed by atoms with Gasteiger partial charge in [0.15, 0.2) is 11.6 Å². The maximum absolute atomic E-state index is 13.2. The van der Waals surface area contributed by atoms with Crippen LogP contribution in [0.2, 0.25) is 0 Å². The summed E-state index contributed by atoms with van der Waals surface area (Å²) in [7, 11) is 1.93. The molecule has 0 heterocycles. The molecule has 2 rings (SSSR count). The number of hydrogen-bond donors (Lipinski definition) is 1. The average Bonchev–Trinajstić information content (AvgIpc) is 2.44. The van der Waals surface area contributed by atoms with Crippen LogP contribution < -0.4 is 5.32 Å². The van der Waals surface area contributed by atoms with E-state index >= 15 is 0 Å². The fraction of sp³-hybridized carbons (Fsp3) is 0.250. The zero-order chi connectivity index (χ0) is 13.8. The first kappa shape index (κ1) is 13.7. The van der Waals surface area contributed by atoms with Crippen LogP contribution in [0.15, 0.2) is 42.5 Å². The van der Waals surface area contributed by atoms with Gasteiger partial charge in [0.1, 0.15) is 0 Å². The van der Waals surface area contributed by atoms with Gasteiger partial charge in [-0.15, -0.1) is 0 Å². The minimum atomic E-state index is -0.818. The van der Waals surface area contributed by atoms with Gasteiger partial charge in [0, 0.05) is 6.04 Å². The van der Waals surface area contributed by atoms with Crippen molar-refractivity contribution in [3.63, 3.8) is 0 Å². The van der Waals surface area contributed by atoms with Crippen molar-refractivity contribution in [2.75, 3.05) is 7.05 Å². The Kier molecular flexibility index (Phi) is 4.27. The Morgan fingerprint density at radius 2 is 1.58 bits per heavy atom. The predicted octanol–water partition coefficient (Wildman–Crippen LogP) is 4.30. The molecule has 0 amide bonds. The molecule has 0 aliphatic carbocycles. The lowest BCUT2D eigenvalue weighted by Crippen LogP contribution is -2.14. The lowest BCUT2D eigenvalue weighted by molar-refractivity contribution is 0.509. The molecule has 0 aromatic heterocycles. The highest BCUT2D eigenvalue weighted by Crippen LogP contribution is 2.24. The van der Waals surface area contributed by atoms with Crippen LogP contribution in [0.5, 0.6) is 0 Å². The molecular weight excluding hydrogens is 244 g/mol. The van der Waals surface area contributed by atoms with E-state index in [4.69, 9.17) is 0 Å². The number of nitrogens with one attached hydrogen (secondary N) is 1. The summed E-state index contributed by atoms with van der Waals surface area (Å²) >= 11 is 0. The molecule has 0 fully saturated rings. The van der Waals surface area contributed by atoms with E-state index in [0.717, 1.165) is 18.1 Å². The predicted molar refractivity (Wildman–Crippen MR) is 73.9 cm³/mol. The van der Waals surface area contributed by atoms with Crippen LogP contribution in [0.25, 0.3) is 11.1 Å². The molecule has 1 nitrogen and oxygen atoms in total. The topological polar surface area (TPSA) is 12.0 Å². The van der Waals surface area contributed by atoms with Crippen LogP contribution >= 0.6 is 0 Å². The summed E-state index contributed by atoms with van der Waals surface area (Å²) in [6.07, 6.45) is 1.00. The third-order valence-corrected chi connectivity index (χ3v) is 3.32. The van der Waals surface area contributed by atoms with Crippen molar-refractivity contribution in [3.8, 4) is 11.1 Å². The molecule has 1 atom stereocenters. The number of halogens is 2. The monoisotopic (exact) mass is 261 g/mol. The Bertz CT molecular complexity index is 545. The third kappa shape index (κ3) is 2.99. The van der Waals surface area contributed by atoms with Crippen molar-refractivity contribution in [2.45, 2.75) is 19.4 Å². The van der Waals surface area contributed by atoms with E-state index in [9.17, 15) is 8.78 Å². The van der Waals surface area contributed by atoms with Crippen molar-refractivity contribution in [1.29, 1.82) is 0 Å². The van der Waals surface area contributed by atoms with Gasteiger partial charge in [0.2, 0.25) is 0 Å². The Morgan fingerprint density at radius 1 is 0.947 bits per heavy atom. The van der Waals surface area contributed by atoms with Gasteiger partial charge in [-0.3, -0.25) is 0 Å². The number of benzene rings is 2. The highest BCUT2D eigenvalue weighted by Gasteiger charge is 2.08. The molecule has 0 saturated heterocycles. The first-order chi connectivity index (χ1) is 9.15. The molecule has 1 N–H and O–H groups in total. The Morgan fingerprint density at radius 3 is 2.11 bits per heavy atom. The largest absolute Gasteiger partial charge is 0.313 e. The lowest BCUT2D eigenvalue weighted by atomic mass is 9.99. The number of hydrogen-bond acceptors (Lipinski definition) is 1. The van der Waals surface area contributed by atoms with Crippen molar-refractivity contribution in [1.82, 2.24) is 5.32 Å². The smallest absolute Gasteiger partial charge is 0.159 e. The van der Waals surface area contributed by atoms with Gasteiger partial charge in [-0.1, -0.05) is 37.3 Å². The Balaban J connectivity index is 2.29. The highest BCUT2D eigenvalue weighted by atomic mass is 19.2. The van der Waals surface area contributed by atoms with Crippen molar-refractivity contribution < 1.29 is 8.78 Å². The summed E-state index contributed by atoms with van der Waals surface area (Å²) in [5.41, 5.74) is 2.76. The third-order valence-electron chi connectivity index (χ3n) is 3.32. The standard InChI is InChI=1S/C16H17F2N/c1-3-16(19-2)12-6-4-11(5-7-12)13-8-9-14(17)15(18)10-13/h4-10,16,19H,3H2,1-2H3. The SMILES string of the molecule is CCC(NC)c1ccc(-c2ccc(F)c(F)c2)cc1. The van der Waals surface area contributed by atoms with Gasteiger partial charge in [-0.05, 0) is 42.3 Å². The number of rotatable bonds is 4. The molecule has 2 aromatic rings. The van der Waals surface area contributed by atoms with Crippen LogP contribution in [0.3, 0.4) is 0 Å². The van der Waals surface area contributed by atoms with Crippen molar-refractivity contribution in [3.05, 3.63) is 59.7 Å². The molecule has 0 saturated carbocycles. The summed E-state index contributed by atoms with van der Waals surface area (Å²) < 4.78 is 26.1.